The highest BCUT2D eigenvalue weighted by molar-refractivity contribution is 6.05. The van der Waals surface area contributed by atoms with Gasteiger partial charge in [-0.15, -0.1) is 0 Å². The summed E-state index contributed by atoms with van der Waals surface area (Å²) in [5.41, 5.74) is 6.86. The molecule has 4 N–H and O–H groups in total. The number of nitrogens with one attached hydrogen (secondary N) is 1. The van der Waals surface area contributed by atoms with E-state index >= 15 is 0 Å². The molecule has 19 heavy (non-hydrogen) atoms. The van der Waals surface area contributed by atoms with Gasteiger partial charge in [0.1, 0.15) is 11.5 Å². The van der Waals surface area contributed by atoms with Crippen LogP contribution >= 0.6 is 0 Å². The fourth-order valence-corrected chi connectivity index (χ4v) is 1.62. The Morgan fingerprint density at radius 3 is 2.68 bits per heavy atom. The second-order valence-electron chi connectivity index (χ2n) is 3.96. The predicted octanol–water partition coefficient (Wildman–Crippen LogP) is 2.24. The zero-order valence-electron chi connectivity index (χ0n) is 10.4. The summed E-state index contributed by atoms with van der Waals surface area (Å²) in [6.45, 7) is 0. The molecule has 0 aliphatic carbocycles. The molecular weight excluding hydrogens is 244 g/mol. The summed E-state index contributed by atoms with van der Waals surface area (Å²) in [5, 5.41) is 12.4. The molecule has 2 aromatic rings. The van der Waals surface area contributed by atoms with Crippen LogP contribution in [0.3, 0.4) is 0 Å². The molecule has 1 amide bonds. The van der Waals surface area contributed by atoms with E-state index in [0.29, 0.717) is 22.7 Å². The largest absolute Gasteiger partial charge is 0.506 e. The summed E-state index contributed by atoms with van der Waals surface area (Å²) >= 11 is 0. The Morgan fingerprint density at radius 2 is 2.05 bits per heavy atom. The third kappa shape index (κ3) is 2.95. The van der Waals surface area contributed by atoms with Gasteiger partial charge in [-0.2, -0.15) is 0 Å². The molecule has 0 atom stereocenters. The van der Waals surface area contributed by atoms with E-state index in [-0.39, 0.29) is 11.7 Å². The number of anilines is 2. The number of phenolic OH excluding ortho intramolecular Hbond substituents is 1. The molecule has 0 saturated carbocycles. The van der Waals surface area contributed by atoms with Crippen LogP contribution in [0.4, 0.5) is 11.4 Å². The summed E-state index contributed by atoms with van der Waals surface area (Å²) in [4.78, 5) is 12.0. The minimum absolute atomic E-state index is 0.0587. The maximum absolute atomic E-state index is 12.0. The van der Waals surface area contributed by atoms with E-state index < -0.39 is 0 Å². The number of carbonyl (C=O) groups excluding carboxylic acids is 1. The molecule has 0 radical (unpaired) electrons. The van der Waals surface area contributed by atoms with E-state index in [9.17, 15) is 9.90 Å². The van der Waals surface area contributed by atoms with E-state index in [2.05, 4.69) is 5.32 Å². The molecule has 0 saturated heterocycles. The van der Waals surface area contributed by atoms with Crippen molar-refractivity contribution >= 4 is 17.3 Å². The van der Waals surface area contributed by atoms with Gasteiger partial charge >= 0.3 is 0 Å². The molecule has 0 aliphatic rings. The van der Waals surface area contributed by atoms with Crippen molar-refractivity contribution in [3.05, 3.63) is 48.0 Å². The molecule has 0 aromatic heterocycles. The van der Waals surface area contributed by atoms with Crippen molar-refractivity contribution in [1.29, 1.82) is 0 Å². The van der Waals surface area contributed by atoms with E-state index in [4.69, 9.17) is 10.5 Å². The maximum Gasteiger partial charge on any atom is 0.255 e. The molecule has 2 aromatic carbocycles. The van der Waals surface area contributed by atoms with Crippen molar-refractivity contribution in [2.45, 2.75) is 0 Å². The zero-order valence-corrected chi connectivity index (χ0v) is 10.4. The van der Waals surface area contributed by atoms with Crippen molar-refractivity contribution in [2.24, 2.45) is 0 Å². The maximum atomic E-state index is 12.0. The lowest BCUT2D eigenvalue weighted by Gasteiger charge is -2.09. The number of nitrogen functional groups attached to an aromatic ring is 1. The van der Waals surface area contributed by atoms with Crippen LogP contribution in [-0.2, 0) is 0 Å². The van der Waals surface area contributed by atoms with E-state index in [1.165, 1.54) is 13.2 Å². The summed E-state index contributed by atoms with van der Waals surface area (Å²) < 4.78 is 4.97. The number of rotatable bonds is 3. The van der Waals surface area contributed by atoms with E-state index in [1.54, 1.807) is 36.4 Å². The number of methoxy groups -OCH3 is 1. The van der Waals surface area contributed by atoms with Crippen LogP contribution in [0.5, 0.6) is 11.5 Å². The summed E-state index contributed by atoms with van der Waals surface area (Å²) in [6.07, 6.45) is 0. The predicted molar refractivity (Wildman–Crippen MR) is 73.5 cm³/mol. The third-order valence-electron chi connectivity index (χ3n) is 2.60. The molecule has 0 aliphatic heterocycles. The van der Waals surface area contributed by atoms with Crippen LogP contribution in [0.2, 0.25) is 0 Å². The van der Waals surface area contributed by atoms with Crippen molar-refractivity contribution in [3.8, 4) is 11.5 Å². The van der Waals surface area contributed by atoms with Gasteiger partial charge in [0.2, 0.25) is 0 Å². The van der Waals surface area contributed by atoms with Crippen LogP contribution in [0.15, 0.2) is 42.5 Å². The summed E-state index contributed by atoms with van der Waals surface area (Å²) in [6, 6.07) is 11.2. The van der Waals surface area contributed by atoms with Crippen LogP contribution in [0.25, 0.3) is 0 Å². The molecule has 0 spiro atoms. The Morgan fingerprint density at radius 1 is 1.26 bits per heavy atom. The number of carbonyl (C=O) groups is 1. The first-order valence-electron chi connectivity index (χ1n) is 5.64. The first-order valence-corrected chi connectivity index (χ1v) is 5.64. The number of ether oxygens (including phenoxy) is 1. The topological polar surface area (TPSA) is 84.6 Å². The Bertz CT molecular complexity index is 611. The summed E-state index contributed by atoms with van der Waals surface area (Å²) in [5.74, 6) is 0.115. The van der Waals surface area contributed by atoms with Gasteiger partial charge in [-0.3, -0.25) is 4.79 Å². The lowest BCUT2D eigenvalue weighted by atomic mass is 10.2. The van der Waals surface area contributed by atoms with Crippen LogP contribution in [0.1, 0.15) is 10.4 Å². The molecule has 0 bridgehead atoms. The third-order valence-corrected chi connectivity index (χ3v) is 2.60. The minimum atomic E-state index is -0.340. The van der Waals surface area contributed by atoms with E-state index in [1.807, 2.05) is 0 Å². The highest BCUT2D eigenvalue weighted by Crippen LogP contribution is 2.28. The van der Waals surface area contributed by atoms with Gasteiger partial charge in [0.25, 0.3) is 5.91 Å². The van der Waals surface area contributed by atoms with Crippen LogP contribution in [0, 0.1) is 0 Å². The normalized spacial score (nSPS) is 9.95. The molecule has 2 rings (SSSR count). The zero-order chi connectivity index (χ0) is 13.8. The smallest absolute Gasteiger partial charge is 0.255 e. The van der Waals surface area contributed by atoms with Gasteiger partial charge in [0.05, 0.1) is 12.8 Å². The standard InChI is InChI=1S/C14H14N2O3/c1-19-11-5-6-12(13(17)8-11)16-14(18)9-3-2-4-10(15)7-9/h2-8,17H,15H2,1H3,(H,16,18). The molecule has 98 valence electrons. The number of amides is 1. The van der Waals surface area contributed by atoms with Gasteiger partial charge in [0.15, 0.2) is 0 Å². The highest BCUT2D eigenvalue weighted by atomic mass is 16.5. The number of nitrogens with two attached hydrogens (primary N) is 1. The van der Waals surface area contributed by atoms with Gasteiger partial charge < -0.3 is 20.9 Å². The average Bonchev–Trinajstić information content (AvgIpc) is 2.41. The van der Waals surface area contributed by atoms with E-state index in [0.717, 1.165) is 0 Å². The first kappa shape index (κ1) is 12.8. The summed E-state index contributed by atoms with van der Waals surface area (Å²) in [7, 11) is 1.50. The molecule has 5 nitrogen and oxygen atoms in total. The second-order valence-corrected chi connectivity index (χ2v) is 3.96. The SMILES string of the molecule is COc1ccc(NC(=O)c2cccc(N)c2)c(O)c1. The van der Waals surface area contributed by atoms with Gasteiger partial charge in [-0.1, -0.05) is 6.07 Å². The Hall–Kier alpha value is -2.69. The number of hydrogen-bond donors (Lipinski definition) is 3. The van der Waals surface area contributed by atoms with Crippen molar-refractivity contribution in [3.63, 3.8) is 0 Å². The average molecular weight is 258 g/mol. The van der Waals surface area contributed by atoms with Gasteiger partial charge in [-0.05, 0) is 30.3 Å². The molecular formula is C14H14N2O3. The van der Waals surface area contributed by atoms with Crippen LogP contribution in [-0.4, -0.2) is 18.1 Å². The lowest BCUT2D eigenvalue weighted by molar-refractivity contribution is 0.102. The molecule has 5 heteroatoms. The Balaban J connectivity index is 2.19. The second kappa shape index (κ2) is 5.30. The molecule has 0 unspecified atom stereocenters. The Kier molecular flexibility index (Phi) is 3.56. The Labute approximate surface area is 110 Å². The number of aromatic hydroxyl groups is 1. The first-order chi connectivity index (χ1) is 9.10. The van der Waals surface area contributed by atoms with Crippen molar-refractivity contribution < 1.29 is 14.6 Å². The number of benzene rings is 2. The number of hydrogen-bond acceptors (Lipinski definition) is 4. The minimum Gasteiger partial charge on any atom is -0.506 e. The number of phenols is 1. The quantitative estimate of drug-likeness (QED) is 0.582. The molecule has 0 heterocycles. The molecule has 0 fully saturated rings. The van der Waals surface area contributed by atoms with Gasteiger partial charge in [-0.25, -0.2) is 0 Å². The van der Waals surface area contributed by atoms with Crippen LogP contribution < -0.4 is 15.8 Å². The van der Waals surface area contributed by atoms with Gasteiger partial charge in [0, 0.05) is 17.3 Å². The monoisotopic (exact) mass is 258 g/mol. The van der Waals surface area contributed by atoms with Crippen molar-refractivity contribution in [2.75, 3.05) is 18.2 Å². The highest BCUT2D eigenvalue weighted by Gasteiger charge is 2.09. The fourth-order valence-electron chi connectivity index (χ4n) is 1.62. The lowest BCUT2D eigenvalue weighted by Crippen LogP contribution is -2.12. The fraction of sp³-hybridized carbons (Fsp3) is 0.0714. The van der Waals surface area contributed by atoms with Crippen molar-refractivity contribution in [1.82, 2.24) is 0 Å².